The van der Waals surface area contributed by atoms with Gasteiger partial charge in [-0.15, -0.1) is 0 Å². The highest BCUT2D eigenvalue weighted by atomic mass is 16.5. The topological polar surface area (TPSA) is 75.7 Å². The van der Waals surface area contributed by atoms with Crippen LogP contribution in [0.3, 0.4) is 0 Å². The van der Waals surface area contributed by atoms with Gasteiger partial charge in [-0.25, -0.2) is 0 Å². The highest BCUT2D eigenvalue weighted by Gasteiger charge is 2.31. The average Bonchev–Trinajstić information content (AvgIpc) is 2.61. The monoisotopic (exact) mass is 346 g/mol. The maximum absolute atomic E-state index is 12.6. The van der Waals surface area contributed by atoms with Crippen LogP contribution in [0.25, 0.3) is 0 Å². The molecule has 2 rings (SSSR count). The summed E-state index contributed by atoms with van der Waals surface area (Å²) in [6.45, 7) is 6.73. The lowest BCUT2D eigenvalue weighted by Crippen LogP contribution is -2.48. The molecule has 0 radical (unpaired) electrons. The van der Waals surface area contributed by atoms with Crippen molar-refractivity contribution in [3.05, 3.63) is 29.8 Å². The number of para-hydroxylation sites is 1. The van der Waals surface area contributed by atoms with Crippen molar-refractivity contribution in [2.75, 3.05) is 25.0 Å². The first-order chi connectivity index (χ1) is 11.9. The van der Waals surface area contributed by atoms with Gasteiger partial charge in [0, 0.05) is 12.1 Å². The third kappa shape index (κ3) is 4.89. The van der Waals surface area contributed by atoms with Crippen LogP contribution in [0.2, 0.25) is 0 Å². The molecular weight excluding hydrogens is 320 g/mol. The van der Waals surface area contributed by atoms with Crippen molar-refractivity contribution >= 4 is 23.3 Å². The minimum Gasteiger partial charge on any atom is -0.466 e. The normalized spacial score (nSPS) is 19.1. The molecule has 0 aliphatic carbocycles. The predicted octanol–water partition coefficient (Wildman–Crippen LogP) is 2.49. The molecular formula is C19H26N2O4. The third-order valence-corrected chi connectivity index (χ3v) is 4.56. The summed E-state index contributed by atoms with van der Waals surface area (Å²) in [4.78, 5) is 38.3. The highest BCUT2D eigenvalue weighted by Crippen LogP contribution is 2.21. The first-order valence-corrected chi connectivity index (χ1v) is 8.75. The van der Waals surface area contributed by atoms with Gasteiger partial charge in [0.1, 0.15) is 0 Å². The molecule has 1 heterocycles. The van der Waals surface area contributed by atoms with Crippen LogP contribution in [0.5, 0.6) is 0 Å². The summed E-state index contributed by atoms with van der Waals surface area (Å²) in [5, 5.41) is 2.84. The van der Waals surface area contributed by atoms with Crippen LogP contribution in [-0.2, 0) is 14.3 Å². The van der Waals surface area contributed by atoms with Gasteiger partial charge in [-0.1, -0.05) is 12.1 Å². The number of benzene rings is 1. The second-order valence-electron chi connectivity index (χ2n) is 6.35. The number of anilines is 1. The van der Waals surface area contributed by atoms with E-state index in [-0.39, 0.29) is 23.6 Å². The van der Waals surface area contributed by atoms with Gasteiger partial charge in [-0.3, -0.25) is 19.3 Å². The summed E-state index contributed by atoms with van der Waals surface area (Å²) in [6.07, 6.45) is 1.64. The van der Waals surface area contributed by atoms with E-state index in [4.69, 9.17) is 4.74 Å². The number of carbonyl (C=O) groups excluding carboxylic acids is 3. The molecule has 1 aromatic carbocycles. The Labute approximate surface area is 148 Å². The molecule has 0 bridgehead atoms. The Morgan fingerprint density at radius 3 is 2.72 bits per heavy atom. The van der Waals surface area contributed by atoms with Crippen LogP contribution in [0.15, 0.2) is 24.3 Å². The number of hydrogen-bond donors (Lipinski definition) is 1. The summed E-state index contributed by atoms with van der Waals surface area (Å²) in [5.74, 6) is -0.655. The van der Waals surface area contributed by atoms with Crippen LogP contribution in [0, 0.1) is 5.92 Å². The molecule has 1 saturated heterocycles. The van der Waals surface area contributed by atoms with Gasteiger partial charge in [0.25, 0.3) is 0 Å². The molecule has 6 heteroatoms. The van der Waals surface area contributed by atoms with E-state index in [1.807, 2.05) is 11.8 Å². The van der Waals surface area contributed by atoms with E-state index in [1.165, 1.54) is 6.92 Å². The van der Waals surface area contributed by atoms with Crippen molar-refractivity contribution in [2.24, 2.45) is 5.92 Å². The zero-order chi connectivity index (χ0) is 18.4. The Morgan fingerprint density at radius 1 is 1.32 bits per heavy atom. The molecule has 1 aliphatic heterocycles. The van der Waals surface area contributed by atoms with Gasteiger partial charge in [-0.2, -0.15) is 0 Å². The van der Waals surface area contributed by atoms with Gasteiger partial charge in [0.2, 0.25) is 5.91 Å². The fourth-order valence-electron chi connectivity index (χ4n) is 3.11. The molecule has 6 nitrogen and oxygen atoms in total. The van der Waals surface area contributed by atoms with E-state index in [0.29, 0.717) is 24.4 Å². The van der Waals surface area contributed by atoms with Gasteiger partial charge in [0.15, 0.2) is 5.78 Å². The van der Waals surface area contributed by atoms with E-state index in [0.717, 1.165) is 19.4 Å². The number of nitrogens with zero attached hydrogens (tertiary/aromatic N) is 1. The zero-order valence-corrected chi connectivity index (χ0v) is 15.1. The quantitative estimate of drug-likeness (QED) is 0.633. The maximum Gasteiger partial charge on any atom is 0.310 e. The van der Waals surface area contributed by atoms with Gasteiger partial charge in [0.05, 0.1) is 24.3 Å². The molecule has 1 aromatic rings. The van der Waals surface area contributed by atoms with Gasteiger partial charge < -0.3 is 10.1 Å². The first kappa shape index (κ1) is 19.1. The standard InChI is InChI=1S/C19H26N2O4/c1-4-25-19(24)15-8-7-11-21(12-15)13(2)18(23)20-17-10-6-5-9-16(17)14(3)22/h5-6,9-10,13,15H,4,7-8,11-12H2,1-3H3,(H,20,23)/t13-,15-/m0/s1. The summed E-state index contributed by atoms with van der Waals surface area (Å²) in [5.41, 5.74) is 1.01. The number of nitrogens with one attached hydrogen (secondary N) is 1. The average molecular weight is 346 g/mol. The Morgan fingerprint density at radius 2 is 2.04 bits per heavy atom. The lowest BCUT2D eigenvalue weighted by Gasteiger charge is -2.35. The summed E-state index contributed by atoms with van der Waals surface area (Å²) >= 11 is 0. The number of Topliss-reactive ketones (excluding diaryl/α,β-unsaturated/α-hetero) is 1. The summed E-state index contributed by atoms with van der Waals surface area (Å²) in [6, 6.07) is 6.57. The van der Waals surface area contributed by atoms with E-state index in [2.05, 4.69) is 5.32 Å². The van der Waals surface area contributed by atoms with Crippen LogP contribution in [-0.4, -0.2) is 48.3 Å². The van der Waals surface area contributed by atoms with E-state index < -0.39 is 6.04 Å². The fraction of sp³-hybridized carbons (Fsp3) is 0.526. The number of likely N-dealkylation sites (tertiary alicyclic amines) is 1. The number of carbonyl (C=O) groups is 3. The molecule has 0 saturated carbocycles. The van der Waals surface area contributed by atoms with Gasteiger partial charge >= 0.3 is 5.97 Å². The number of hydrogen-bond acceptors (Lipinski definition) is 5. The lowest BCUT2D eigenvalue weighted by molar-refractivity contribution is -0.150. The maximum atomic E-state index is 12.6. The third-order valence-electron chi connectivity index (χ3n) is 4.56. The van der Waals surface area contributed by atoms with Crippen molar-refractivity contribution in [1.82, 2.24) is 4.90 Å². The van der Waals surface area contributed by atoms with Crippen LogP contribution in [0.1, 0.15) is 44.0 Å². The van der Waals surface area contributed by atoms with Crippen molar-refractivity contribution in [1.29, 1.82) is 0 Å². The van der Waals surface area contributed by atoms with E-state index >= 15 is 0 Å². The number of ketones is 1. The Bertz CT molecular complexity index is 644. The van der Waals surface area contributed by atoms with Crippen molar-refractivity contribution in [2.45, 2.75) is 39.7 Å². The zero-order valence-electron chi connectivity index (χ0n) is 15.1. The van der Waals surface area contributed by atoms with Crippen molar-refractivity contribution < 1.29 is 19.1 Å². The largest absolute Gasteiger partial charge is 0.466 e. The molecule has 1 N–H and O–H groups in total. The van der Waals surface area contributed by atoms with E-state index in [1.54, 1.807) is 31.2 Å². The second-order valence-corrected chi connectivity index (χ2v) is 6.35. The molecule has 1 amide bonds. The SMILES string of the molecule is CCOC(=O)[C@H]1CCCN([C@@H](C)C(=O)Nc2ccccc2C(C)=O)C1. The molecule has 25 heavy (non-hydrogen) atoms. The molecule has 0 unspecified atom stereocenters. The van der Waals surface area contributed by atoms with Gasteiger partial charge in [-0.05, 0) is 52.3 Å². The lowest BCUT2D eigenvalue weighted by atomic mass is 9.97. The fourth-order valence-corrected chi connectivity index (χ4v) is 3.11. The molecule has 0 aromatic heterocycles. The second kappa shape index (κ2) is 8.76. The minimum atomic E-state index is -0.391. The summed E-state index contributed by atoms with van der Waals surface area (Å²) < 4.78 is 5.10. The van der Waals surface area contributed by atoms with Crippen LogP contribution < -0.4 is 5.32 Å². The van der Waals surface area contributed by atoms with Crippen LogP contribution in [0.4, 0.5) is 5.69 Å². The number of amides is 1. The highest BCUT2D eigenvalue weighted by molar-refractivity contribution is 6.04. The van der Waals surface area contributed by atoms with Crippen LogP contribution >= 0.6 is 0 Å². The first-order valence-electron chi connectivity index (χ1n) is 8.75. The molecule has 2 atom stereocenters. The number of esters is 1. The summed E-state index contributed by atoms with van der Waals surface area (Å²) in [7, 11) is 0. The Kier molecular flexibility index (Phi) is 6.70. The molecule has 1 aliphatic rings. The predicted molar refractivity (Wildman–Crippen MR) is 95.5 cm³/mol. The Hall–Kier alpha value is -2.21. The number of rotatable bonds is 6. The van der Waals surface area contributed by atoms with Crippen molar-refractivity contribution in [3.63, 3.8) is 0 Å². The molecule has 0 spiro atoms. The smallest absolute Gasteiger partial charge is 0.310 e. The van der Waals surface area contributed by atoms with E-state index in [9.17, 15) is 14.4 Å². The molecule has 1 fully saturated rings. The molecule has 136 valence electrons. The minimum absolute atomic E-state index is 0.0936. The van der Waals surface area contributed by atoms with Crippen molar-refractivity contribution in [3.8, 4) is 0 Å². The number of ether oxygens (including phenoxy) is 1. The number of piperidine rings is 1. The Balaban J connectivity index is 2.02.